The maximum atomic E-state index is 13.4. The fourth-order valence-electron chi connectivity index (χ4n) is 4.80. The quantitative estimate of drug-likeness (QED) is 0.622. The van der Waals surface area contributed by atoms with Gasteiger partial charge >= 0.3 is 5.97 Å². The summed E-state index contributed by atoms with van der Waals surface area (Å²) in [5, 5.41) is 4.13. The zero-order valence-corrected chi connectivity index (χ0v) is 19.4. The number of anilines is 1. The van der Waals surface area contributed by atoms with Gasteiger partial charge in [0.25, 0.3) is 0 Å². The fourth-order valence-corrected chi connectivity index (χ4v) is 7.02. The Hall–Kier alpha value is -2.06. The Balaban J connectivity index is 1.71. The Bertz CT molecular complexity index is 1060. The van der Waals surface area contributed by atoms with Crippen molar-refractivity contribution in [2.75, 3.05) is 18.6 Å². The number of nitrogens with zero attached hydrogens (tertiary/aromatic N) is 3. The predicted molar refractivity (Wildman–Crippen MR) is 119 cm³/mol. The normalized spacial score (nSPS) is 22.6. The molecule has 9 heteroatoms. The number of carbonyl (C=O) groups excluding carboxylic acids is 1. The van der Waals surface area contributed by atoms with E-state index in [-0.39, 0.29) is 28.9 Å². The second-order valence-electron chi connectivity index (χ2n) is 8.40. The minimum Gasteiger partial charge on any atom is -0.467 e. The molecule has 31 heavy (non-hydrogen) atoms. The van der Waals surface area contributed by atoms with Crippen molar-refractivity contribution in [3.8, 4) is 0 Å². The third-order valence-corrected chi connectivity index (χ3v) is 9.00. The summed E-state index contributed by atoms with van der Waals surface area (Å²) in [6, 6.07) is 7.95. The van der Waals surface area contributed by atoms with Crippen LogP contribution in [0.4, 0.5) is 5.82 Å². The van der Waals surface area contributed by atoms with Crippen LogP contribution in [-0.2, 0) is 19.4 Å². The summed E-state index contributed by atoms with van der Waals surface area (Å²) in [5.41, 5.74) is 0.849. The highest BCUT2D eigenvalue weighted by molar-refractivity contribution is 7.92. The number of benzene rings is 1. The molecule has 1 aliphatic carbocycles. The lowest BCUT2D eigenvalue weighted by atomic mass is 9.96. The molecular formula is C22H28ClN3O4S. The molecule has 2 aliphatic rings. The molecule has 2 fully saturated rings. The van der Waals surface area contributed by atoms with E-state index in [9.17, 15) is 13.2 Å². The van der Waals surface area contributed by atoms with Crippen molar-refractivity contribution in [2.45, 2.75) is 67.7 Å². The Morgan fingerprint density at radius 1 is 1.19 bits per heavy atom. The summed E-state index contributed by atoms with van der Waals surface area (Å²) in [6.07, 6.45) is 5.73. The predicted octanol–water partition coefficient (Wildman–Crippen LogP) is 3.94. The first-order chi connectivity index (χ1) is 14.8. The monoisotopic (exact) mass is 465 g/mol. The molecular weight excluding hydrogens is 438 g/mol. The van der Waals surface area contributed by atoms with Crippen LogP contribution in [0.3, 0.4) is 0 Å². The van der Waals surface area contributed by atoms with Gasteiger partial charge in [-0.3, -0.25) is 0 Å². The molecule has 0 N–H and O–H groups in total. The number of esters is 1. The van der Waals surface area contributed by atoms with Crippen LogP contribution in [0, 0.1) is 6.92 Å². The van der Waals surface area contributed by atoms with Crippen LogP contribution >= 0.6 is 11.6 Å². The van der Waals surface area contributed by atoms with Crippen LogP contribution in [-0.4, -0.2) is 49.1 Å². The van der Waals surface area contributed by atoms with Crippen molar-refractivity contribution in [1.82, 2.24) is 9.78 Å². The van der Waals surface area contributed by atoms with Gasteiger partial charge in [-0.15, -0.1) is 0 Å². The number of carbonyl (C=O) groups is 1. The number of hydrogen-bond acceptors (Lipinski definition) is 6. The number of aromatic nitrogens is 2. The number of halogens is 1. The van der Waals surface area contributed by atoms with Crippen molar-refractivity contribution in [1.29, 1.82) is 0 Å². The minimum atomic E-state index is -3.73. The van der Waals surface area contributed by atoms with E-state index in [0.717, 1.165) is 37.2 Å². The maximum absolute atomic E-state index is 13.4. The number of ether oxygens (including phenoxy) is 1. The van der Waals surface area contributed by atoms with Gasteiger partial charge in [-0.2, -0.15) is 5.10 Å². The van der Waals surface area contributed by atoms with Crippen molar-refractivity contribution < 1.29 is 17.9 Å². The van der Waals surface area contributed by atoms with E-state index in [1.165, 1.54) is 19.6 Å². The third-order valence-electron chi connectivity index (χ3n) is 6.37. The topological polar surface area (TPSA) is 81.5 Å². The van der Waals surface area contributed by atoms with E-state index in [1.54, 1.807) is 18.2 Å². The molecule has 1 saturated heterocycles. The Labute approximate surface area is 188 Å². The molecule has 0 bridgehead atoms. The van der Waals surface area contributed by atoms with Gasteiger partial charge in [0.15, 0.2) is 9.84 Å². The Morgan fingerprint density at radius 2 is 1.90 bits per heavy atom. The molecule has 0 radical (unpaired) electrons. The maximum Gasteiger partial charge on any atom is 0.328 e. The lowest BCUT2D eigenvalue weighted by Gasteiger charge is -2.29. The summed E-state index contributed by atoms with van der Waals surface area (Å²) in [5.74, 6) is 0.350. The van der Waals surface area contributed by atoms with Gasteiger partial charge in [0.05, 0.1) is 34.0 Å². The third kappa shape index (κ3) is 4.20. The largest absolute Gasteiger partial charge is 0.467 e. The van der Waals surface area contributed by atoms with E-state index < -0.39 is 27.1 Å². The lowest BCUT2D eigenvalue weighted by Crippen LogP contribution is -2.39. The first kappa shape index (κ1) is 22.1. The molecule has 1 saturated carbocycles. The van der Waals surface area contributed by atoms with E-state index in [2.05, 4.69) is 0 Å². The molecule has 1 aliphatic heterocycles. The van der Waals surface area contributed by atoms with E-state index in [4.69, 9.17) is 21.4 Å². The molecule has 2 heterocycles. The van der Waals surface area contributed by atoms with Crippen molar-refractivity contribution in [2.24, 2.45) is 0 Å². The van der Waals surface area contributed by atoms with Crippen molar-refractivity contribution >= 4 is 33.2 Å². The number of methoxy groups -OCH3 is 1. The molecule has 0 spiro atoms. The minimum absolute atomic E-state index is 0.101. The molecule has 4 rings (SSSR count). The Morgan fingerprint density at radius 3 is 2.58 bits per heavy atom. The number of sulfone groups is 1. The van der Waals surface area contributed by atoms with Gasteiger partial charge in [-0.25, -0.2) is 17.9 Å². The molecule has 2 atom stereocenters. The first-order valence-electron chi connectivity index (χ1n) is 10.7. The van der Waals surface area contributed by atoms with E-state index in [0.29, 0.717) is 0 Å². The van der Waals surface area contributed by atoms with Crippen LogP contribution in [0.1, 0.15) is 50.3 Å². The van der Waals surface area contributed by atoms with E-state index in [1.807, 2.05) is 22.6 Å². The van der Waals surface area contributed by atoms with Gasteiger partial charge < -0.3 is 9.64 Å². The highest BCUT2D eigenvalue weighted by Gasteiger charge is 2.45. The van der Waals surface area contributed by atoms with Gasteiger partial charge in [0, 0.05) is 12.6 Å². The number of hydrogen-bond donors (Lipinski definition) is 0. The summed E-state index contributed by atoms with van der Waals surface area (Å²) in [4.78, 5) is 14.6. The smallest absolute Gasteiger partial charge is 0.328 e. The Kier molecular flexibility index (Phi) is 6.30. The van der Waals surface area contributed by atoms with Crippen molar-refractivity contribution in [3.05, 3.63) is 41.0 Å². The molecule has 1 aromatic heterocycles. The zero-order chi connectivity index (χ0) is 22.2. The molecule has 0 amide bonds. The summed E-state index contributed by atoms with van der Waals surface area (Å²) in [7, 11) is -2.39. The number of rotatable bonds is 5. The lowest BCUT2D eigenvalue weighted by molar-refractivity contribution is -0.141. The van der Waals surface area contributed by atoms with Gasteiger partial charge in [-0.1, -0.05) is 43.0 Å². The standard InChI is InChI=1S/C22H28ClN3O4S/c1-15-12-21(26(24-15)16-8-4-3-5-9-16)25-14-17(13-19(25)22(27)30-2)31(28,29)20-11-7-6-10-18(20)23/h6-7,10-12,16-17,19H,3-5,8-9,13-14H2,1-2H3/t17-,19?/m1/s1. The molecule has 7 nitrogen and oxygen atoms in total. The SMILES string of the molecule is COC(=O)C1C[C@@H](S(=O)(=O)c2ccccc2Cl)CN1c1cc(C)nn1C1CCCCC1. The highest BCUT2D eigenvalue weighted by Crippen LogP contribution is 2.38. The second kappa shape index (κ2) is 8.82. The molecule has 168 valence electrons. The summed E-state index contributed by atoms with van der Waals surface area (Å²) >= 11 is 6.20. The average Bonchev–Trinajstić information content (AvgIpc) is 3.38. The van der Waals surface area contributed by atoms with Crippen LogP contribution in [0.25, 0.3) is 0 Å². The molecule has 1 aromatic carbocycles. The summed E-state index contributed by atoms with van der Waals surface area (Å²) in [6.45, 7) is 2.11. The second-order valence-corrected chi connectivity index (χ2v) is 11.0. The van der Waals surface area contributed by atoms with Gasteiger partial charge in [0.2, 0.25) is 0 Å². The summed E-state index contributed by atoms with van der Waals surface area (Å²) < 4.78 is 33.8. The first-order valence-corrected chi connectivity index (χ1v) is 12.6. The van der Waals surface area contributed by atoms with Gasteiger partial charge in [0.1, 0.15) is 11.9 Å². The highest BCUT2D eigenvalue weighted by atomic mass is 35.5. The van der Waals surface area contributed by atoms with Crippen LogP contribution < -0.4 is 4.90 Å². The van der Waals surface area contributed by atoms with Crippen LogP contribution in [0.5, 0.6) is 0 Å². The average molecular weight is 466 g/mol. The van der Waals surface area contributed by atoms with Crippen molar-refractivity contribution in [3.63, 3.8) is 0 Å². The van der Waals surface area contributed by atoms with Gasteiger partial charge in [-0.05, 0) is 38.3 Å². The molecule has 2 aromatic rings. The fraction of sp³-hybridized carbons (Fsp3) is 0.545. The van der Waals surface area contributed by atoms with Crippen LogP contribution in [0.2, 0.25) is 5.02 Å². The van der Waals surface area contributed by atoms with E-state index >= 15 is 0 Å². The molecule has 1 unspecified atom stereocenters. The van der Waals surface area contributed by atoms with Crippen LogP contribution in [0.15, 0.2) is 35.2 Å². The zero-order valence-electron chi connectivity index (χ0n) is 17.8. The number of aryl methyl sites for hydroxylation is 1.